The summed E-state index contributed by atoms with van der Waals surface area (Å²) in [6.45, 7) is 0.245. The highest BCUT2D eigenvalue weighted by molar-refractivity contribution is 7.80. The average Bonchev–Trinajstić information content (AvgIpc) is 2.26. The van der Waals surface area contributed by atoms with Crippen LogP contribution >= 0.6 is 12.2 Å². The van der Waals surface area contributed by atoms with Crippen molar-refractivity contribution in [2.45, 2.75) is 6.54 Å². The zero-order valence-corrected chi connectivity index (χ0v) is 9.37. The molecule has 0 radical (unpaired) electrons. The van der Waals surface area contributed by atoms with Crippen molar-refractivity contribution in [3.63, 3.8) is 0 Å². The van der Waals surface area contributed by atoms with Gasteiger partial charge in [0.15, 0.2) is 5.11 Å². The fourth-order valence-corrected chi connectivity index (χ4v) is 0.930. The summed E-state index contributed by atoms with van der Waals surface area (Å²) in [5.41, 5.74) is 1.64. The minimum absolute atomic E-state index is 0.245. The Hall–Kier alpha value is -1.96. The predicted molar refractivity (Wildman–Crippen MR) is 64.6 cm³/mol. The zero-order valence-electron chi connectivity index (χ0n) is 8.56. The van der Waals surface area contributed by atoms with Gasteiger partial charge in [-0.05, 0) is 12.2 Å². The van der Waals surface area contributed by atoms with E-state index >= 15 is 0 Å². The molecular formula is C8H11N5O2S. The first kappa shape index (κ1) is 12.1. The lowest BCUT2D eigenvalue weighted by Crippen LogP contribution is -2.30. The van der Waals surface area contributed by atoms with E-state index in [1.807, 2.05) is 0 Å². The molecule has 0 saturated heterocycles. The second-order valence-electron chi connectivity index (χ2n) is 2.77. The molecule has 0 aliphatic rings. The highest BCUT2D eigenvalue weighted by Crippen LogP contribution is 1.73. The van der Waals surface area contributed by atoms with Crippen LogP contribution < -0.4 is 22.0 Å². The zero-order chi connectivity index (χ0) is 12.0. The Kier molecular flexibility index (Phi) is 4.40. The van der Waals surface area contributed by atoms with E-state index in [0.717, 1.165) is 0 Å². The normalized spacial score (nSPS) is 10.3. The number of hydrogen-bond donors (Lipinski definition) is 3. The number of nitrogens with zero attached hydrogens (tertiary/aromatic N) is 2. The van der Waals surface area contributed by atoms with Crippen LogP contribution in [-0.4, -0.2) is 27.9 Å². The Morgan fingerprint density at radius 1 is 1.69 bits per heavy atom. The Labute approximate surface area is 96.2 Å². The molecule has 3 N–H and O–H groups in total. The van der Waals surface area contributed by atoms with E-state index in [1.165, 1.54) is 23.0 Å². The van der Waals surface area contributed by atoms with Gasteiger partial charge in [0.1, 0.15) is 0 Å². The Morgan fingerprint density at radius 2 is 2.44 bits per heavy atom. The Morgan fingerprint density at radius 3 is 3.06 bits per heavy atom. The maximum atomic E-state index is 11.2. The summed E-state index contributed by atoms with van der Waals surface area (Å²) >= 11 is 4.78. The number of aromatic amines is 1. The van der Waals surface area contributed by atoms with Crippen molar-refractivity contribution in [2.75, 3.05) is 7.05 Å². The lowest BCUT2D eigenvalue weighted by atomic mass is 10.6. The van der Waals surface area contributed by atoms with Crippen molar-refractivity contribution in [3.05, 3.63) is 33.1 Å². The van der Waals surface area contributed by atoms with E-state index in [2.05, 4.69) is 20.8 Å². The van der Waals surface area contributed by atoms with Gasteiger partial charge in [0, 0.05) is 25.5 Å². The van der Waals surface area contributed by atoms with Crippen molar-refractivity contribution in [1.82, 2.24) is 20.3 Å². The number of hydrazone groups is 1. The molecule has 1 heterocycles. The molecule has 7 nitrogen and oxygen atoms in total. The fraction of sp³-hybridized carbons (Fsp3) is 0.250. The minimum atomic E-state index is -0.477. The molecular weight excluding hydrogens is 230 g/mol. The van der Waals surface area contributed by atoms with Crippen LogP contribution in [-0.2, 0) is 6.54 Å². The first-order chi connectivity index (χ1) is 7.63. The SMILES string of the molecule is CNC(=S)N/N=C\Cn1ccc(=O)[nH]c1=O. The molecule has 86 valence electrons. The van der Waals surface area contributed by atoms with Gasteiger partial charge in [-0.3, -0.25) is 19.8 Å². The summed E-state index contributed by atoms with van der Waals surface area (Å²) in [6.07, 6.45) is 2.85. The molecule has 0 aromatic carbocycles. The molecule has 0 unspecified atom stereocenters. The minimum Gasteiger partial charge on any atom is -0.364 e. The summed E-state index contributed by atoms with van der Waals surface area (Å²) in [4.78, 5) is 24.1. The van der Waals surface area contributed by atoms with Crippen LogP contribution in [0.25, 0.3) is 0 Å². The predicted octanol–water partition coefficient (Wildman–Crippen LogP) is -1.38. The van der Waals surface area contributed by atoms with Gasteiger partial charge in [0.2, 0.25) is 0 Å². The summed E-state index contributed by atoms with van der Waals surface area (Å²) in [7, 11) is 1.66. The monoisotopic (exact) mass is 241 g/mol. The number of nitrogens with one attached hydrogen (secondary N) is 3. The van der Waals surface area contributed by atoms with Gasteiger partial charge in [-0.25, -0.2) is 4.79 Å². The molecule has 1 aromatic heterocycles. The molecule has 8 heteroatoms. The van der Waals surface area contributed by atoms with Crippen molar-refractivity contribution in [3.8, 4) is 0 Å². The van der Waals surface area contributed by atoms with E-state index in [-0.39, 0.29) is 6.54 Å². The van der Waals surface area contributed by atoms with Crippen molar-refractivity contribution in [2.24, 2.45) is 5.10 Å². The first-order valence-corrected chi connectivity index (χ1v) is 4.83. The van der Waals surface area contributed by atoms with Crippen LogP contribution in [0.2, 0.25) is 0 Å². The second-order valence-corrected chi connectivity index (χ2v) is 3.17. The molecule has 16 heavy (non-hydrogen) atoms. The first-order valence-electron chi connectivity index (χ1n) is 4.42. The number of aromatic nitrogens is 2. The quantitative estimate of drug-likeness (QED) is 0.344. The van der Waals surface area contributed by atoms with Gasteiger partial charge in [-0.2, -0.15) is 5.10 Å². The van der Waals surface area contributed by atoms with Gasteiger partial charge in [-0.15, -0.1) is 0 Å². The molecule has 0 bridgehead atoms. The standard InChI is InChI=1S/C8H11N5O2S/c1-9-7(16)12-10-3-5-13-4-2-6(14)11-8(13)15/h2-4H,5H2,1H3,(H2,9,12,16)(H,11,14,15)/b10-3-. The number of hydrogen-bond acceptors (Lipinski definition) is 4. The molecule has 0 spiro atoms. The van der Waals surface area contributed by atoms with Gasteiger partial charge < -0.3 is 5.32 Å². The van der Waals surface area contributed by atoms with Crippen LogP contribution in [0.4, 0.5) is 0 Å². The summed E-state index contributed by atoms with van der Waals surface area (Å²) in [6, 6.07) is 1.26. The molecule has 0 fully saturated rings. The Balaban J connectivity index is 2.58. The average molecular weight is 241 g/mol. The van der Waals surface area contributed by atoms with E-state index < -0.39 is 11.2 Å². The maximum Gasteiger partial charge on any atom is 0.328 e. The van der Waals surface area contributed by atoms with Gasteiger partial charge in [0.05, 0.1) is 6.54 Å². The number of rotatable bonds is 3. The molecule has 1 aromatic rings. The van der Waals surface area contributed by atoms with Crippen molar-refractivity contribution in [1.29, 1.82) is 0 Å². The van der Waals surface area contributed by atoms with Gasteiger partial charge >= 0.3 is 5.69 Å². The van der Waals surface area contributed by atoms with E-state index in [1.54, 1.807) is 7.05 Å². The second kappa shape index (κ2) is 5.81. The maximum absolute atomic E-state index is 11.2. The topological polar surface area (TPSA) is 91.3 Å². The summed E-state index contributed by atoms with van der Waals surface area (Å²) < 4.78 is 1.30. The fourth-order valence-electron chi connectivity index (χ4n) is 0.877. The van der Waals surface area contributed by atoms with Crippen molar-refractivity contribution >= 4 is 23.5 Å². The molecule has 0 atom stereocenters. The lowest BCUT2D eigenvalue weighted by Gasteiger charge is -2.00. The van der Waals surface area contributed by atoms with Gasteiger partial charge in [-0.1, -0.05) is 0 Å². The highest BCUT2D eigenvalue weighted by Gasteiger charge is 1.93. The van der Waals surface area contributed by atoms with Gasteiger partial charge in [0.25, 0.3) is 5.56 Å². The number of thiocarbonyl (C=S) groups is 1. The third-order valence-corrected chi connectivity index (χ3v) is 1.96. The summed E-state index contributed by atoms with van der Waals surface area (Å²) in [5, 5.41) is 6.82. The van der Waals surface area contributed by atoms with Crippen LogP contribution in [0.5, 0.6) is 0 Å². The highest BCUT2D eigenvalue weighted by atomic mass is 32.1. The molecule has 0 saturated carbocycles. The van der Waals surface area contributed by atoms with E-state index in [9.17, 15) is 9.59 Å². The third kappa shape index (κ3) is 3.65. The van der Waals surface area contributed by atoms with Crippen LogP contribution in [0, 0.1) is 0 Å². The molecule has 0 aliphatic heterocycles. The number of H-pyrrole nitrogens is 1. The Bertz CT molecular complexity index is 504. The third-order valence-electron chi connectivity index (χ3n) is 1.66. The van der Waals surface area contributed by atoms with Crippen LogP contribution in [0.1, 0.15) is 0 Å². The lowest BCUT2D eigenvalue weighted by molar-refractivity contribution is 0.761. The largest absolute Gasteiger partial charge is 0.364 e. The molecule has 0 aliphatic carbocycles. The van der Waals surface area contributed by atoms with E-state index in [0.29, 0.717) is 5.11 Å². The smallest absolute Gasteiger partial charge is 0.328 e. The molecule has 1 rings (SSSR count). The van der Waals surface area contributed by atoms with Crippen molar-refractivity contribution < 1.29 is 0 Å². The molecule has 0 amide bonds. The van der Waals surface area contributed by atoms with Crippen LogP contribution in [0.15, 0.2) is 27.0 Å². The van der Waals surface area contributed by atoms with E-state index in [4.69, 9.17) is 12.2 Å². The summed E-state index contributed by atoms with van der Waals surface area (Å²) in [5.74, 6) is 0. The van der Waals surface area contributed by atoms with Crippen LogP contribution in [0.3, 0.4) is 0 Å².